The molecule has 5 rings (SSSR count). The zero-order valence-electron chi connectivity index (χ0n) is 15.9. The largest absolute Gasteiger partial charge is 0.247 e. The predicted molar refractivity (Wildman–Crippen MR) is 119 cm³/mol. The van der Waals surface area contributed by atoms with Gasteiger partial charge in [-0.2, -0.15) is 0 Å². The Morgan fingerprint density at radius 1 is 0.643 bits per heavy atom. The number of rotatable bonds is 3. The molecule has 1 aromatic heterocycles. The molecule has 1 nitrogen and oxygen atoms in total. The van der Waals surface area contributed by atoms with E-state index >= 15 is 0 Å². The molecule has 0 atom stereocenters. The molecule has 5 aromatic rings. The standard InChI is InChI=1S/C27H21N/c1-2-21-26(20-12-4-3-5-13-20)24-16-8-9-18-25(24)28-27(21)23-17-10-14-19-11-6-7-15-22(19)23/h3-18H,2H2,1H3. The number of fused-ring (bicyclic) bond motifs is 2. The van der Waals surface area contributed by atoms with Crippen LogP contribution < -0.4 is 0 Å². The molecule has 0 spiro atoms. The Labute approximate surface area is 165 Å². The molecular weight excluding hydrogens is 338 g/mol. The van der Waals surface area contributed by atoms with Crippen LogP contribution in [0, 0.1) is 0 Å². The van der Waals surface area contributed by atoms with E-state index in [1.165, 1.54) is 38.4 Å². The number of hydrogen-bond acceptors (Lipinski definition) is 1. The summed E-state index contributed by atoms with van der Waals surface area (Å²) in [5.74, 6) is 0. The molecule has 28 heavy (non-hydrogen) atoms. The van der Waals surface area contributed by atoms with E-state index in [1.807, 2.05) is 0 Å². The molecule has 0 aliphatic carbocycles. The van der Waals surface area contributed by atoms with Gasteiger partial charge in [0.15, 0.2) is 0 Å². The topological polar surface area (TPSA) is 12.9 Å². The first-order chi connectivity index (χ1) is 13.9. The molecule has 0 bridgehead atoms. The third kappa shape index (κ3) is 2.68. The number of nitrogens with zero attached hydrogens (tertiary/aromatic N) is 1. The molecule has 0 saturated heterocycles. The highest BCUT2D eigenvalue weighted by Gasteiger charge is 2.17. The van der Waals surface area contributed by atoms with Crippen LogP contribution in [0.25, 0.3) is 44.1 Å². The first-order valence-corrected chi connectivity index (χ1v) is 9.82. The second-order valence-corrected chi connectivity index (χ2v) is 7.08. The number of pyridine rings is 1. The maximum atomic E-state index is 5.15. The van der Waals surface area contributed by atoms with Crippen LogP contribution in [-0.4, -0.2) is 4.98 Å². The number of hydrogen-bond donors (Lipinski definition) is 0. The van der Waals surface area contributed by atoms with Crippen molar-refractivity contribution in [2.24, 2.45) is 0 Å². The number of benzene rings is 4. The highest BCUT2D eigenvalue weighted by Crippen LogP contribution is 2.39. The van der Waals surface area contributed by atoms with Gasteiger partial charge in [-0.3, -0.25) is 0 Å². The Morgan fingerprint density at radius 3 is 2.14 bits per heavy atom. The fourth-order valence-corrected chi connectivity index (χ4v) is 4.18. The smallest absolute Gasteiger partial charge is 0.0754 e. The van der Waals surface area contributed by atoms with Gasteiger partial charge in [0.1, 0.15) is 0 Å². The number of para-hydroxylation sites is 1. The van der Waals surface area contributed by atoms with E-state index in [0.717, 1.165) is 17.6 Å². The summed E-state index contributed by atoms with van der Waals surface area (Å²) in [6, 6.07) is 34.3. The Morgan fingerprint density at radius 2 is 1.32 bits per heavy atom. The van der Waals surface area contributed by atoms with Gasteiger partial charge in [-0.25, -0.2) is 4.98 Å². The molecule has 134 valence electrons. The Bertz CT molecular complexity index is 1280. The van der Waals surface area contributed by atoms with Crippen molar-refractivity contribution < 1.29 is 0 Å². The van der Waals surface area contributed by atoms with Crippen LogP contribution in [0.5, 0.6) is 0 Å². The van der Waals surface area contributed by atoms with Gasteiger partial charge in [0.2, 0.25) is 0 Å². The van der Waals surface area contributed by atoms with Crippen LogP contribution in [0.1, 0.15) is 12.5 Å². The Balaban J connectivity index is 1.93. The van der Waals surface area contributed by atoms with Crippen molar-refractivity contribution >= 4 is 21.7 Å². The summed E-state index contributed by atoms with van der Waals surface area (Å²) in [5, 5.41) is 3.72. The summed E-state index contributed by atoms with van der Waals surface area (Å²) in [5.41, 5.74) is 7.20. The lowest BCUT2D eigenvalue weighted by Gasteiger charge is -2.18. The Hall–Kier alpha value is -3.45. The fraction of sp³-hybridized carbons (Fsp3) is 0.0741. The minimum atomic E-state index is 0.931. The van der Waals surface area contributed by atoms with E-state index in [0.29, 0.717) is 0 Å². The first-order valence-electron chi connectivity index (χ1n) is 9.82. The van der Waals surface area contributed by atoms with Gasteiger partial charge >= 0.3 is 0 Å². The summed E-state index contributed by atoms with van der Waals surface area (Å²) in [7, 11) is 0. The van der Waals surface area contributed by atoms with Crippen molar-refractivity contribution in [3.8, 4) is 22.4 Å². The van der Waals surface area contributed by atoms with Crippen molar-refractivity contribution in [1.82, 2.24) is 4.98 Å². The maximum absolute atomic E-state index is 5.15. The monoisotopic (exact) mass is 359 g/mol. The van der Waals surface area contributed by atoms with Gasteiger partial charge in [0.25, 0.3) is 0 Å². The molecule has 0 fully saturated rings. The van der Waals surface area contributed by atoms with E-state index in [2.05, 4.69) is 104 Å². The zero-order chi connectivity index (χ0) is 18.9. The normalized spacial score (nSPS) is 11.2. The zero-order valence-corrected chi connectivity index (χ0v) is 15.9. The van der Waals surface area contributed by atoms with Crippen molar-refractivity contribution in [2.45, 2.75) is 13.3 Å². The van der Waals surface area contributed by atoms with Gasteiger partial charge in [-0.1, -0.05) is 97.9 Å². The lowest BCUT2D eigenvalue weighted by molar-refractivity contribution is 1.13. The SMILES string of the molecule is CCc1c(-c2cccc3ccccc23)nc2ccccc2c1-c1ccccc1. The first kappa shape index (κ1) is 16.7. The van der Waals surface area contributed by atoms with E-state index in [1.54, 1.807) is 0 Å². The third-order valence-corrected chi connectivity index (χ3v) is 5.45. The minimum Gasteiger partial charge on any atom is -0.247 e. The van der Waals surface area contributed by atoms with Crippen molar-refractivity contribution in [3.05, 3.63) is 103 Å². The van der Waals surface area contributed by atoms with Gasteiger partial charge in [-0.15, -0.1) is 0 Å². The van der Waals surface area contributed by atoms with E-state index in [9.17, 15) is 0 Å². The van der Waals surface area contributed by atoms with Crippen molar-refractivity contribution in [3.63, 3.8) is 0 Å². The lowest BCUT2D eigenvalue weighted by atomic mass is 9.89. The molecule has 0 N–H and O–H groups in total. The molecule has 0 amide bonds. The second kappa shape index (κ2) is 6.94. The second-order valence-electron chi connectivity index (χ2n) is 7.08. The predicted octanol–water partition coefficient (Wildman–Crippen LogP) is 7.28. The van der Waals surface area contributed by atoms with Crippen LogP contribution in [0.2, 0.25) is 0 Å². The molecule has 1 heterocycles. The fourth-order valence-electron chi connectivity index (χ4n) is 4.18. The van der Waals surface area contributed by atoms with E-state index in [-0.39, 0.29) is 0 Å². The van der Waals surface area contributed by atoms with E-state index in [4.69, 9.17) is 4.98 Å². The molecule has 1 heteroatoms. The molecule has 0 radical (unpaired) electrons. The van der Waals surface area contributed by atoms with Crippen molar-refractivity contribution in [2.75, 3.05) is 0 Å². The minimum absolute atomic E-state index is 0.931. The van der Waals surface area contributed by atoms with Gasteiger partial charge in [0, 0.05) is 10.9 Å². The molecule has 0 aliphatic heterocycles. The summed E-state index contributed by atoms with van der Waals surface area (Å²) >= 11 is 0. The number of aromatic nitrogens is 1. The lowest BCUT2D eigenvalue weighted by Crippen LogP contribution is -1.99. The van der Waals surface area contributed by atoms with Crippen LogP contribution >= 0.6 is 0 Å². The van der Waals surface area contributed by atoms with Crippen LogP contribution in [-0.2, 0) is 6.42 Å². The van der Waals surface area contributed by atoms with Crippen molar-refractivity contribution in [1.29, 1.82) is 0 Å². The maximum Gasteiger partial charge on any atom is 0.0754 e. The van der Waals surface area contributed by atoms with E-state index < -0.39 is 0 Å². The Kier molecular flexibility index (Phi) is 4.14. The average Bonchev–Trinajstić information content (AvgIpc) is 2.78. The van der Waals surface area contributed by atoms with Crippen LogP contribution in [0.15, 0.2) is 97.1 Å². The molecule has 0 unspecified atom stereocenters. The van der Waals surface area contributed by atoms with Crippen LogP contribution in [0.3, 0.4) is 0 Å². The highest BCUT2D eigenvalue weighted by molar-refractivity contribution is 6.03. The summed E-state index contributed by atoms with van der Waals surface area (Å²) < 4.78 is 0. The average molecular weight is 359 g/mol. The summed E-state index contributed by atoms with van der Waals surface area (Å²) in [6.45, 7) is 2.23. The molecule has 0 aliphatic rings. The van der Waals surface area contributed by atoms with Crippen LogP contribution in [0.4, 0.5) is 0 Å². The molecule has 0 saturated carbocycles. The molecule has 4 aromatic carbocycles. The van der Waals surface area contributed by atoms with Gasteiger partial charge in [-0.05, 0) is 39.9 Å². The quantitative estimate of drug-likeness (QED) is 0.330. The third-order valence-electron chi connectivity index (χ3n) is 5.45. The molecular formula is C27H21N. The van der Waals surface area contributed by atoms with Gasteiger partial charge < -0.3 is 0 Å². The summed E-state index contributed by atoms with van der Waals surface area (Å²) in [6.07, 6.45) is 0.931. The van der Waals surface area contributed by atoms with Gasteiger partial charge in [0.05, 0.1) is 11.2 Å². The summed E-state index contributed by atoms with van der Waals surface area (Å²) in [4.78, 5) is 5.15. The highest BCUT2D eigenvalue weighted by atomic mass is 14.7.